The van der Waals surface area contributed by atoms with Crippen molar-refractivity contribution < 1.29 is 27.7 Å². The van der Waals surface area contributed by atoms with Gasteiger partial charge in [0.05, 0.1) is 22.6 Å². The molecule has 0 fully saturated rings. The first-order valence-corrected chi connectivity index (χ1v) is 13.0. The number of nitrogens with one attached hydrogen (secondary N) is 1. The molecule has 0 heterocycles. The molecule has 2 amide bonds. The van der Waals surface area contributed by atoms with Gasteiger partial charge in [-0.05, 0) is 42.8 Å². The van der Waals surface area contributed by atoms with Gasteiger partial charge in [-0.2, -0.15) is 0 Å². The van der Waals surface area contributed by atoms with E-state index in [4.69, 9.17) is 4.74 Å². The van der Waals surface area contributed by atoms with E-state index in [1.807, 2.05) is 0 Å². The molecule has 3 rings (SSSR count). The minimum atomic E-state index is -4.32. The molecule has 0 aromatic heterocycles. The number of benzene rings is 3. The average Bonchev–Trinajstić information content (AvgIpc) is 2.94. The number of sulfonamides is 1. The van der Waals surface area contributed by atoms with Crippen LogP contribution in [0, 0.1) is 10.1 Å². The molecule has 11 nitrogen and oxygen atoms in total. The number of anilines is 1. The third kappa shape index (κ3) is 6.45. The normalized spacial score (nSPS) is 11.8. The van der Waals surface area contributed by atoms with Gasteiger partial charge in [-0.15, -0.1) is 0 Å². The van der Waals surface area contributed by atoms with E-state index in [2.05, 4.69) is 5.32 Å². The van der Waals surface area contributed by atoms with Crippen LogP contribution < -0.4 is 14.4 Å². The second-order valence-electron chi connectivity index (χ2n) is 8.27. The predicted molar refractivity (Wildman–Crippen MR) is 141 cm³/mol. The zero-order chi connectivity index (χ0) is 27.9. The fourth-order valence-electron chi connectivity index (χ4n) is 3.77. The van der Waals surface area contributed by atoms with E-state index in [9.17, 15) is 28.1 Å². The molecule has 1 N–H and O–H groups in total. The van der Waals surface area contributed by atoms with Crippen molar-refractivity contribution in [3.63, 3.8) is 0 Å². The highest BCUT2D eigenvalue weighted by Crippen LogP contribution is 2.27. The van der Waals surface area contributed by atoms with Crippen molar-refractivity contribution >= 4 is 33.2 Å². The number of hydrogen-bond acceptors (Lipinski definition) is 7. The highest BCUT2D eigenvalue weighted by atomic mass is 32.2. The maximum absolute atomic E-state index is 13.7. The van der Waals surface area contributed by atoms with Gasteiger partial charge in [0, 0.05) is 25.7 Å². The molecular formula is C26H28N4O7S. The standard InChI is InChI=1S/C26H28N4O7S/c1-19(26(32)27-2)28(17-20-9-7-12-23(15-20)37-3)25(31)18-29(21-10-8-11-22(16-21)30(33)34)38(35,36)24-13-5-4-6-14-24/h4-16,19H,17-18H2,1-3H3,(H,27,32). The number of hydrogen-bond donors (Lipinski definition) is 1. The van der Waals surface area contributed by atoms with Crippen molar-refractivity contribution in [3.8, 4) is 5.75 Å². The van der Waals surface area contributed by atoms with Gasteiger partial charge < -0.3 is 15.0 Å². The lowest BCUT2D eigenvalue weighted by Crippen LogP contribution is -2.50. The summed E-state index contributed by atoms with van der Waals surface area (Å²) in [4.78, 5) is 38.1. The van der Waals surface area contributed by atoms with Crippen LogP contribution in [0.5, 0.6) is 5.75 Å². The molecule has 200 valence electrons. The van der Waals surface area contributed by atoms with Crippen molar-refractivity contribution in [1.29, 1.82) is 0 Å². The highest BCUT2D eigenvalue weighted by molar-refractivity contribution is 7.92. The van der Waals surface area contributed by atoms with Crippen LogP contribution in [0.2, 0.25) is 0 Å². The Bertz CT molecular complexity index is 1410. The summed E-state index contributed by atoms with van der Waals surface area (Å²) in [6, 6.07) is 18.4. The van der Waals surface area contributed by atoms with E-state index in [1.165, 1.54) is 68.4 Å². The third-order valence-corrected chi connectivity index (χ3v) is 7.63. The van der Waals surface area contributed by atoms with Crippen LogP contribution in [0.15, 0.2) is 83.8 Å². The molecule has 0 bridgehead atoms. The fraction of sp³-hybridized carbons (Fsp3) is 0.231. The van der Waals surface area contributed by atoms with Gasteiger partial charge in [0.25, 0.3) is 15.7 Å². The first kappa shape index (κ1) is 28.1. The Labute approximate surface area is 220 Å². The van der Waals surface area contributed by atoms with Crippen LogP contribution in [-0.2, 0) is 26.2 Å². The van der Waals surface area contributed by atoms with E-state index in [1.54, 1.807) is 30.3 Å². The summed E-state index contributed by atoms with van der Waals surface area (Å²) in [6.45, 7) is 0.808. The second kappa shape index (κ2) is 12.2. The number of carbonyl (C=O) groups is 2. The van der Waals surface area contributed by atoms with Gasteiger partial charge >= 0.3 is 0 Å². The number of non-ortho nitro benzene ring substituents is 1. The molecule has 0 aliphatic carbocycles. The van der Waals surface area contributed by atoms with Crippen LogP contribution >= 0.6 is 0 Å². The smallest absolute Gasteiger partial charge is 0.271 e. The predicted octanol–water partition coefficient (Wildman–Crippen LogP) is 2.96. The molecule has 3 aromatic carbocycles. The molecule has 0 saturated carbocycles. The van der Waals surface area contributed by atoms with Crippen LogP contribution in [0.3, 0.4) is 0 Å². The Morgan fingerprint density at radius 3 is 2.34 bits per heavy atom. The number of nitrogens with zero attached hydrogens (tertiary/aromatic N) is 3. The van der Waals surface area contributed by atoms with Crippen LogP contribution in [0.25, 0.3) is 0 Å². The Hall–Kier alpha value is -4.45. The first-order valence-electron chi connectivity index (χ1n) is 11.5. The third-order valence-electron chi connectivity index (χ3n) is 5.84. The van der Waals surface area contributed by atoms with Crippen molar-refractivity contribution in [2.24, 2.45) is 0 Å². The number of rotatable bonds is 11. The SMILES string of the molecule is CNC(=O)C(C)N(Cc1cccc(OC)c1)C(=O)CN(c1cccc([N+](=O)[O-])c1)S(=O)(=O)c1ccccc1. The molecule has 0 aliphatic heterocycles. The van der Waals surface area contributed by atoms with Crippen LogP contribution in [0.4, 0.5) is 11.4 Å². The summed E-state index contributed by atoms with van der Waals surface area (Å²) >= 11 is 0. The number of ether oxygens (including phenoxy) is 1. The number of methoxy groups -OCH3 is 1. The molecule has 1 unspecified atom stereocenters. The largest absolute Gasteiger partial charge is 0.497 e. The summed E-state index contributed by atoms with van der Waals surface area (Å²) in [5.74, 6) is -0.587. The van der Waals surface area contributed by atoms with Crippen LogP contribution in [-0.4, -0.2) is 56.8 Å². The van der Waals surface area contributed by atoms with Gasteiger partial charge in [-0.25, -0.2) is 8.42 Å². The molecule has 3 aromatic rings. The molecule has 38 heavy (non-hydrogen) atoms. The fourth-order valence-corrected chi connectivity index (χ4v) is 5.20. The van der Waals surface area contributed by atoms with E-state index in [0.717, 1.165) is 10.4 Å². The monoisotopic (exact) mass is 540 g/mol. The number of likely N-dealkylation sites (N-methyl/N-ethyl adjacent to an activating group) is 1. The maximum atomic E-state index is 13.7. The molecule has 12 heteroatoms. The zero-order valence-corrected chi connectivity index (χ0v) is 21.9. The van der Waals surface area contributed by atoms with Gasteiger partial charge in [0.2, 0.25) is 11.8 Å². The lowest BCUT2D eigenvalue weighted by atomic mass is 10.1. The summed E-state index contributed by atoms with van der Waals surface area (Å²) in [5.41, 5.74) is 0.252. The quantitative estimate of drug-likeness (QED) is 0.291. The average molecular weight is 541 g/mol. The van der Waals surface area contributed by atoms with Gasteiger partial charge in [0.1, 0.15) is 18.3 Å². The molecule has 0 saturated heterocycles. The molecule has 1 atom stereocenters. The Morgan fingerprint density at radius 1 is 1.03 bits per heavy atom. The molecule has 0 spiro atoms. The minimum Gasteiger partial charge on any atom is -0.497 e. The van der Waals surface area contributed by atoms with E-state index in [-0.39, 0.29) is 22.8 Å². The molecule has 0 aliphatic rings. The number of nitro groups is 1. The number of amides is 2. The minimum absolute atomic E-state index is 0.0151. The van der Waals surface area contributed by atoms with Gasteiger partial charge in [-0.1, -0.05) is 36.4 Å². The summed E-state index contributed by atoms with van der Waals surface area (Å²) in [6.07, 6.45) is 0. The van der Waals surface area contributed by atoms with E-state index >= 15 is 0 Å². The molecule has 0 radical (unpaired) electrons. The Balaban J connectivity index is 2.06. The lowest BCUT2D eigenvalue weighted by Gasteiger charge is -2.31. The van der Waals surface area contributed by atoms with E-state index in [0.29, 0.717) is 11.3 Å². The van der Waals surface area contributed by atoms with Crippen LogP contribution in [0.1, 0.15) is 12.5 Å². The van der Waals surface area contributed by atoms with Crippen molar-refractivity contribution in [2.45, 2.75) is 24.4 Å². The lowest BCUT2D eigenvalue weighted by molar-refractivity contribution is -0.384. The van der Waals surface area contributed by atoms with Gasteiger partial charge in [0.15, 0.2) is 0 Å². The first-order chi connectivity index (χ1) is 18.1. The summed E-state index contributed by atoms with van der Waals surface area (Å²) < 4.78 is 33.4. The number of nitro benzene ring substituents is 1. The second-order valence-corrected chi connectivity index (χ2v) is 10.1. The maximum Gasteiger partial charge on any atom is 0.271 e. The summed E-state index contributed by atoms with van der Waals surface area (Å²) in [7, 11) is -1.38. The Kier molecular flexibility index (Phi) is 9.02. The zero-order valence-electron chi connectivity index (χ0n) is 21.1. The summed E-state index contributed by atoms with van der Waals surface area (Å²) in [5, 5.41) is 13.9. The number of carbonyl (C=O) groups excluding carboxylic acids is 2. The van der Waals surface area contributed by atoms with E-state index < -0.39 is 39.3 Å². The van der Waals surface area contributed by atoms with Crippen molar-refractivity contribution in [3.05, 3.63) is 94.5 Å². The Morgan fingerprint density at radius 2 is 1.71 bits per heavy atom. The molecular weight excluding hydrogens is 512 g/mol. The van der Waals surface area contributed by atoms with Crippen molar-refractivity contribution in [1.82, 2.24) is 10.2 Å². The van der Waals surface area contributed by atoms with Crippen molar-refractivity contribution in [2.75, 3.05) is 25.0 Å². The van der Waals surface area contributed by atoms with Gasteiger partial charge in [-0.3, -0.25) is 24.0 Å². The highest BCUT2D eigenvalue weighted by Gasteiger charge is 2.32. The topological polar surface area (TPSA) is 139 Å².